The first-order valence-corrected chi connectivity index (χ1v) is 7.07. The number of Topliss-reactive ketones (excluding diaryl/α,β-unsaturated/α-hetero) is 1. The molecule has 0 rings (SSSR count). The van der Waals surface area contributed by atoms with Crippen LogP contribution >= 0.6 is 0 Å². The Labute approximate surface area is 122 Å². The molecule has 0 aliphatic heterocycles. The lowest BCUT2D eigenvalue weighted by molar-refractivity contribution is -0.116. The minimum Gasteiger partial charge on any atom is -0.378 e. The molecule has 1 N–H and O–H groups in total. The minimum absolute atomic E-state index is 0.120. The number of nitriles is 1. The second-order valence-electron chi connectivity index (χ2n) is 3.62. The van der Waals surface area contributed by atoms with Crippen molar-refractivity contribution in [3.63, 3.8) is 0 Å². The number of nitrogens with zero attached hydrogens (tertiary/aromatic N) is 1. The van der Waals surface area contributed by atoms with E-state index >= 15 is 0 Å². The first-order valence-electron chi connectivity index (χ1n) is 7.07. The van der Waals surface area contributed by atoms with Crippen LogP contribution in [0.4, 0.5) is 0 Å². The van der Waals surface area contributed by atoms with Crippen LogP contribution in [-0.4, -0.2) is 58.5 Å². The lowest BCUT2D eigenvalue weighted by atomic mass is 10.4. The number of carbonyl (C=O) groups excluding carboxylic acids is 1. The normalized spacial score (nSPS) is 9.50. The molecule has 6 heteroatoms. The summed E-state index contributed by atoms with van der Waals surface area (Å²) < 4.78 is 15.7. The Morgan fingerprint density at radius 2 is 1.50 bits per heavy atom. The number of ether oxygens (including phenoxy) is 3. The molecular formula is C14H28N2O4. The molecule has 0 saturated heterocycles. The zero-order valence-corrected chi connectivity index (χ0v) is 12.9. The van der Waals surface area contributed by atoms with Crippen molar-refractivity contribution < 1.29 is 19.0 Å². The molecule has 0 atom stereocenters. The number of hydrogen-bond donors (Lipinski definition) is 1. The number of rotatable bonds is 13. The van der Waals surface area contributed by atoms with Gasteiger partial charge in [-0.05, 0) is 6.92 Å². The first-order chi connectivity index (χ1) is 9.77. The zero-order valence-electron chi connectivity index (χ0n) is 12.9. The monoisotopic (exact) mass is 288 g/mol. The summed E-state index contributed by atoms with van der Waals surface area (Å²) in [4.78, 5) is 10.6. The lowest BCUT2D eigenvalue weighted by Crippen LogP contribution is -2.25. The van der Waals surface area contributed by atoms with Gasteiger partial charge < -0.3 is 19.5 Å². The topological polar surface area (TPSA) is 80.6 Å². The summed E-state index contributed by atoms with van der Waals surface area (Å²) in [7, 11) is 0. The number of nitrogens with one attached hydrogen (secondary N) is 1. The van der Waals surface area contributed by atoms with Gasteiger partial charge in [0, 0.05) is 6.54 Å². The predicted molar refractivity (Wildman–Crippen MR) is 77.6 cm³/mol. The van der Waals surface area contributed by atoms with Crippen molar-refractivity contribution in [3.8, 4) is 6.07 Å². The smallest absolute Gasteiger partial charge is 0.143 e. The van der Waals surface area contributed by atoms with E-state index in [0.717, 1.165) is 0 Å². The van der Waals surface area contributed by atoms with E-state index in [1.54, 1.807) is 6.92 Å². The molecule has 0 unspecified atom stereocenters. The van der Waals surface area contributed by atoms with Gasteiger partial charge in [0.1, 0.15) is 5.78 Å². The number of ketones is 1. The molecule has 6 nitrogen and oxygen atoms in total. The first kappa shape index (κ1) is 21.3. The molecule has 20 heavy (non-hydrogen) atoms. The highest BCUT2D eigenvalue weighted by atomic mass is 16.5. The second-order valence-corrected chi connectivity index (χ2v) is 3.62. The summed E-state index contributed by atoms with van der Waals surface area (Å²) >= 11 is 0. The quantitative estimate of drug-likeness (QED) is 0.512. The fourth-order valence-corrected chi connectivity index (χ4v) is 1.07. The third-order valence-corrected chi connectivity index (χ3v) is 1.90. The average Bonchev–Trinajstić information content (AvgIpc) is 2.46. The Hall–Kier alpha value is -1.00. The Bertz CT molecular complexity index is 242. The number of hydrogen-bond acceptors (Lipinski definition) is 6. The van der Waals surface area contributed by atoms with Crippen LogP contribution in [0.15, 0.2) is 0 Å². The van der Waals surface area contributed by atoms with Gasteiger partial charge in [0.25, 0.3) is 0 Å². The minimum atomic E-state index is 0.120. The van der Waals surface area contributed by atoms with Crippen molar-refractivity contribution in [2.75, 3.05) is 52.7 Å². The largest absolute Gasteiger partial charge is 0.378 e. The van der Waals surface area contributed by atoms with Crippen LogP contribution in [0.5, 0.6) is 0 Å². The SMILES string of the molecule is CC.CC(=O)CNCCOCCOCCOCCC#N. The molecule has 0 amide bonds. The van der Waals surface area contributed by atoms with Crippen LogP contribution in [0, 0.1) is 11.3 Å². The van der Waals surface area contributed by atoms with Crippen molar-refractivity contribution in [1.29, 1.82) is 5.26 Å². The van der Waals surface area contributed by atoms with Crippen molar-refractivity contribution >= 4 is 5.78 Å². The summed E-state index contributed by atoms with van der Waals surface area (Å²) in [5.41, 5.74) is 0. The van der Waals surface area contributed by atoms with E-state index < -0.39 is 0 Å². The van der Waals surface area contributed by atoms with Crippen LogP contribution < -0.4 is 5.32 Å². The third kappa shape index (κ3) is 22.2. The molecule has 0 aromatic rings. The fourth-order valence-electron chi connectivity index (χ4n) is 1.07. The summed E-state index contributed by atoms with van der Waals surface area (Å²) in [5.74, 6) is 0.120. The van der Waals surface area contributed by atoms with Gasteiger partial charge in [-0.15, -0.1) is 0 Å². The molecule has 0 radical (unpaired) electrons. The average molecular weight is 288 g/mol. The Morgan fingerprint density at radius 3 is 2.00 bits per heavy atom. The van der Waals surface area contributed by atoms with Gasteiger partial charge >= 0.3 is 0 Å². The molecule has 0 heterocycles. The van der Waals surface area contributed by atoms with Crippen molar-refractivity contribution in [2.45, 2.75) is 27.2 Å². The van der Waals surface area contributed by atoms with Crippen LogP contribution in [-0.2, 0) is 19.0 Å². The number of carbonyl (C=O) groups is 1. The van der Waals surface area contributed by atoms with Gasteiger partial charge in [-0.2, -0.15) is 5.26 Å². The van der Waals surface area contributed by atoms with Gasteiger partial charge in [0.2, 0.25) is 0 Å². The van der Waals surface area contributed by atoms with Gasteiger partial charge in [-0.25, -0.2) is 0 Å². The van der Waals surface area contributed by atoms with Crippen molar-refractivity contribution in [2.24, 2.45) is 0 Å². The molecule has 0 fully saturated rings. The molecule has 0 aliphatic rings. The van der Waals surface area contributed by atoms with E-state index in [4.69, 9.17) is 19.5 Å². The molecule has 0 aromatic heterocycles. The molecule has 0 aromatic carbocycles. The maximum atomic E-state index is 10.6. The maximum absolute atomic E-state index is 10.6. The van der Waals surface area contributed by atoms with Crippen LogP contribution in [0.3, 0.4) is 0 Å². The van der Waals surface area contributed by atoms with Gasteiger partial charge in [-0.3, -0.25) is 4.79 Å². The summed E-state index contributed by atoms with van der Waals surface area (Å²) in [6.07, 6.45) is 0.413. The van der Waals surface area contributed by atoms with Crippen LogP contribution in [0.1, 0.15) is 27.2 Å². The summed E-state index contributed by atoms with van der Waals surface area (Å²) in [6.45, 7) is 9.68. The van der Waals surface area contributed by atoms with E-state index in [-0.39, 0.29) is 5.78 Å². The van der Waals surface area contributed by atoms with Gasteiger partial charge in [-0.1, -0.05) is 13.8 Å². The fraction of sp³-hybridized carbons (Fsp3) is 0.857. The summed E-state index contributed by atoms with van der Waals surface area (Å²) in [6, 6.07) is 2.00. The molecule has 0 spiro atoms. The summed E-state index contributed by atoms with van der Waals surface area (Å²) in [5, 5.41) is 11.2. The lowest BCUT2D eigenvalue weighted by Gasteiger charge is -2.06. The van der Waals surface area contributed by atoms with E-state index in [1.807, 2.05) is 19.9 Å². The third-order valence-electron chi connectivity index (χ3n) is 1.90. The van der Waals surface area contributed by atoms with E-state index in [1.165, 1.54) is 0 Å². The highest BCUT2D eigenvalue weighted by Gasteiger charge is 1.93. The Morgan fingerprint density at radius 1 is 1.00 bits per heavy atom. The van der Waals surface area contributed by atoms with Gasteiger partial charge in [0.15, 0.2) is 0 Å². The van der Waals surface area contributed by atoms with Crippen LogP contribution in [0.25, 0.3) is 0 Å². The Kier molecular flexibility index (Phi) is 21.6. The van der Waals surface area contributed by atoms with E-state index in [9.17, 15) is 4.79 Å². The standard InChI is InChI=1S/C12H22N2O4.C2H6/c1-12(15)11-14-4-6-17-8-10-18-9-7-16-5-2-3-13;1-2/h14H,2,4-11H2,1H3;1-2H3. The Balaban J connectivity index is 0. The van der Waals surface area contributed by atoms with Crippen molar-refractivity contribution in [1.82, 2.24) is 5.32 Å². The molecule has 0 bridgehead atoms. The highest BCUT2D eigenvalue weighted by Crippen LogP contribution is 1.83. The van der Waals surface area contributed by atoms with Crippen LogP contribution in [0.2, 0.25) is 0 Å². The predicted octanol–water partition coefficient (Wildman–Crippen LogP) is 1.15. The molecular weight excluding hydrogens is 260 g/mol. The van der Waals surface area contributed by atoms with E-state index in [2.05, 4.69) is 5.32 Å². The molecule has 118 valence electrons. The second kappa shape index (κ2) is 20.3. The molecule has 0 aliphatic carbocycles. The highest BCUT2D eigenvalue weighted by molar-refractivity contribution is 5.77. The van der Waals surface area contributed by atoms with E-state index in [0.29, 0.717) is 59.2 Å². The maximum Gasteiger partial charge on any atom is 0.143 e. The molecule has 0 saturated carbocycles. The van der Waals surface area contributed by atoms with Crippen molar-refractivity contribution in [3.05, 3.63) is 0 Å². The zero-order chi connectivity index (χ0) is 15.5. The van der Waals surface area contributed by atoms with Gasteiger partial charge in [0.05, 0.1) is 58.7 Å².